The minimum atomic E-state index is 0.445. The van der Waals surface area contributed by atoms with Crippen LogP contribution in [0.5, 0.6) is 0 Å². The zero-order valence-electron chi connectivity index (χ0n) is 13.2. The van der Waals surface area contributed by atoms with Crippen molar-refractivity contribution in [1.29, 1.82) is 0 Å². The van der Waals surface area contributed by atoms with E-state index in [1.54, 1.807) is 0 Å². The van der Waals surface area contributed by atoms with Crippen LogP contribution in [-0.4, -0.2) is 45.2 Å². The van der Waals surface area contributed by atoms with Crippen LogP contribution in [0.15, 0.2) is 24.3 Å². The van der Waals surface area contributed by atoms with Crippen molar-refractivity contribution >= 4 is 5.69 Å². The van der Waals surface area contributed by atoms with Crippen LogP contribution in [-0.2, 0) is 0 Å². The summed E-state index contributed by atoms with van der Waals surface area (Å²) >= 11 is 0. The quantitative estimate of drug-likeness (QED) is 0.825. The van der Waals surface area contributed by atoms with Gasteiger partial charge in [0.15, 0.2) is 0 Å². The Morgan fingerprint density at radius 1 is 1.25 bits per heavy atom. The zero-order chi connectivity index (χ0) is 14.4. The number of hydrogen-bond acceptors (Lipinski definition) is 3. The predicted molar refractivity (Wildman–Crippen MR) is 87.5 cm³/mol. The van der Waals surface area contributed by atoms with Gasteiger partial charge in [0.1, 0.15) is 0 Å². The summed E-state index contributed by atoms with van der Waals surface area (Å²) in [5, 5.41) is 3.42. The summed E-state index contributed by atoms with van der Waals surface area (Å²) in [7, 11) is 4.27. The molecule has 1 aliphatic rings. The van der Waals surface area contributed by atoms with Crippen molar-refractivity contribution in [3.63, 3.8) is 0 Å². The van der Waals surface area contributed by atoms with E-state index in [0.717, 1.165) is 13.0 Å². The number of para-hydroxylation sites is 1. The number of nitrogens with zero attached hydrogens (tertiary/aromatic N) is 2. The number of benzene rings is 1. The predicted octanol–water partition coefficient (Wildman–Crippen LogP) is 2.89. The van der Waals surface area contributed by atoms with Crippen LogP contribution in [0, 0.1) is 0 Å². The number of nitrogens with one attached hydrogen (secondary N) is 1. The van der Waals surface area contributed by atoms with Crippen molar-refractivity contribution < 1.29 is 0 Å². The third kappa shape index (κ3) is 3.74. The summed E-state index contributed by atoms with van der Waals surface area (Å²) in [5.41, 5.74) is 2.79. The number of hydrogen-bond donors (Lipinski definition) is 1. The lowest BCUT2D eigenvalue weighted by atomic mass is 10.0. The maximum Gasteiger partial charge on any atom is 0.0412 e. The molecule has 3 nitrogen and oxygen atoms in total. The highest BCUT2D eigenvalue weighted by Gasteiger charge is 2.16. The molecule has 3 heteroatoms. The Morgan fingerprint density at radius 3 is 2.60 bits per heavy atom. The van der Waals surface area contributed by atoms with Gasteiger partial charge in [0.25, 0.3) is 0 Å². The first kappa shape index (κ1) is 15.3. The van der Waals surface area contributed by atoms with Crippen molar-refractivity contribution in [3.05, 3.63) is 29.8 Å². The molecule has 0 bridgehead atoms. The molecule has 20 heavy (non-hydrogen) atoms. The van der Waals surface area contributed by atoms with Gasteiger partial charge in [-0.25, -0.2) is 0 Å². The van der Waals surface area contributed by atoms with Gasteiger partial charge in [-0.3, -0.25) is 0 Å². The summed E-state index contributed by atoms with van der Waals surface area (Å²) in [4.78, 5) is 4.99. The fourth-order valence-corrected chi connectivity index (χ4v) is 3.13. The molecule has 1 atom stereocenters. The second kappa shape index (κ2) is 7.65. The normalized spacial score (nSPS) is 17.4. The fourth-order valence-electron chi connectivity index (χ4n) is 3.13. The molecule has 1 unspecified atom stereocenters. The van der Waals surface area contributed by atoms with Crippen LogP contribution in [0.1, 0.15) is 37.8 Å². The van der Waals surface area contributed by atoms with E-state index < -0.39 is 0 Å². The minimum absolute atomic E-state index is 0.445. The first-order valence-electron chi connectivity index (χ1n) is 7.96. The second-order valence-electron chi connectivity index (χ2n) is 5.78. The van der Waals surface area contributed by atoms with Gasteiger partial charge in [0, 0.05) is 31.9 Å². The lowest BCUT2D eigenvalue weighted by Crippen LogP contribution is -2.32. The molecule has 2 rings (SSSR count). The van der Waals surface area contributed by atoms with Crippen molar-refractivity contribution in [3.8, 4) is 0 Å². The molecule has 0 aromatic heterocycles. The van der Waals surface area contributed by atoms with Gasteiger partial charge in [0.2, 0.25) is 0 Å². The molecule has 1 aromatic carbocycles. The number of anilines is 1. The van der Waals surface area contributed by atoms with E-state index in [2.05, 4.69) is 60.4 Å². The van der Waals surface area contributed by atoms with E-state index in [-0.39, 0.29) is 0 Å². The lowest BCUT2D eigenvalue weighted by molar-refractivity contribution is 0.346. The van der Waals surface area contributed by atoms with Gasteiger partial charge in [-0.2, -0.15) is 0 Å². The Bertz CT molecular complexity index is 395. The topological polar surface area (TPSA) is 18.5 Å². The van der Waals surface area contributed by atoms with Gasteiger partial charge in [0.05, 0.1) is 0 Å². The molecule has 0 spiro atoms. The average Bonchev–Trinajstić information content (AvgIpc) is 3.00. The summed E-state index contributed by atoms with van der Waals surface area (Å²) in [6.07, 6.45) is 3.86. The van der Waals surface area contributed by atoms with E-state index in [4.69, 9.17) is 0 Å². The van der Waals surface area contributed by atoms with Crippen LogP contribution in [0.25, 0.3) is 0 Å². The monoisotopic (exact) mass is 275 g/mol. The van der Waals surface area contributed by atoms with Gasteiger partial charge >= 0.3 is 0 Å². The molecule has 1 saturated heterocycles. The van der Waals surface area contributed by atoms with E-state index in [1.807, 2.05) is 0 Å². The third-order valence-corrected chi connectivity index (χ3v) is 4.43. The third-order valence-electron chi connectivity index (χ3n) is 4.43. The van der Waals surface area contributed by atoms with Gasteiger partial charge in [-0.15, -0.1) is 0 Å². The summed E-state index contributed by atoms with van der Waals surface area (Å²) in [5.74, 6) is 0. The smallest absolute Gasteiger partial charge is 0.0412 e. The largest absolute Gasteiger partial charge is 0.373 e. The van der Waals surface area contributed by atoms with E-state index >= 15 is 0 Å². The first-order chi connectivity index (χ1) is 9.76. The van der Waals surface area contributed by atoms with Gasteiger partial charge in [-0.1, -0.05) is 25.1 Å². The highest BCUT2D eigenvalue weighted by atomic mass is 15.2. The van der Waals surface area contributed by atoms with Crippen molar-refractivity contribution in [2.45, 2.75) is 32.2 Å². The van der Waals surface area contributed by atoms with E-state index in [1.165, 1.54) is 43.7 Å². The highest BCUT2D eigenvalue weighted by molar-refractivity contribution is 5.54. The molecule has 0 aliphatic carbocycles. The fraction of sp³-hybridized carbons (Fsp3) is 0.647. The van der Waals surface area contributed by atoms with Crippen molar-refractivity contribution in [1.82, 2.24) is 10.2 Å². The zero-order valence-corrected chi connectivity index (χ0v) is 13.2. The molecule has 1 aliphatic heterocycles. The summed E-state index contributed by atoms with van der Waals surface area (Å²) in [6.45, 7) is 7.09. The Hall–Kier alpha value is -1.06. The average molecular weight is 275 g/mol. The lowest BCUT2D eigenvalue weighted by Gasteiger charge is -2.27. The standard InChI is InChI=1S/C17H29N3/c1-4-16(18-2)15-9-5-6-10-17(15)19(3)13-14-20-11-7-8-12-20/h5-6,9-10,16,18H,4,7-8,11-14H2,1-3H3. The molecule has 0 amide bonds. The molecular formula is C17H29N3. The molecule has 1 N–H and O–H groups in total. The Balaban J connectivity index is 2.02. The number of likely N-dealkylation sites (N-methyl/N-ethyl adjacent to an activating group) is 1. The number of likely N-dealkylation sites (tertiary alicyclic amines) is 1. The van der Waals surface area contributed by atoms with Crippen molar-refractivity contribution in [2.24, 2.45) is 0 Å². The number of rotatable bonds is 7. The first-order valence-corrected chi connectivity index (χ1v) is 7.96. The SMILES string of the molecule is CCC(NC)c1ccccc1N(C)CCN1CCCC1. The Kier molecular flexibility index (Phi) is 5.86. The molecule has 0 radical (unpaired) electrons. The molecular weight excluding hydrogens is 246 g/mol. The Morgan fingerprint density at radius 2 is 1.95 bits per heavy atom. The van der Waals surface area contributed by atoms with Crippen LogP contribution in [0.4, 0.5) is 5.69 Å². The molecule has 112 valence electrons. The van der Waals surface area contributed by atoms with Gasteiger partial charge < -0.3 is 15.1 Å². The molecule has 1 aromatic rings. The second-order valence-corrected chi connectivity index (χ2v) is 5.78. The van der Waals surface area contributed by atoms with Crippen LogP contribution in [0.2, 0.25) is 0 Å². The van der Waals surface area contributed by atoms with Crippen LogP contribution < -0.4 is 10.2 Å². The van der Waals surface area contributed by atoms with Crippen LogP contribution in [0.3, 0.4) is 0 Å². The minimum Gasteiger partial charge on any atom is -0.373 e. The van der Waals surface area contributed by atoms with E-state index in [9.17, 15) is 0 Å². The maximum atomic E-state index is 3.42. The molecule has 1 heterocycles. The maximum absolute atomic E-state index is 3.42. The molecule has 0 saturated carbocycles. The van der Waals surface area contributed by atoms with E-state index in [0.29, 0.717) is 6.04 Å². The van der Waals surface area contributed by atoms with Crippen molar-refractivity contribution in [2.75, 3.05) is 45.2 Å². The summed E-state index contributed by atoms with van der Waals surface area (Å²) in [6, 6.07) is 9.24. The van der Waals surface area contributed by atoms with Crippen LogP contribution >= 0.6 is 0 Å². The summed E-state index contributed by atoms with van der Waals surface area (Å²) < 4.78 is 0. The highest BCUT2D eigenvalue weighted by Crippen LogP contribution is 2.27. The molecule has 1 fully saturated rings. The van der Waals surface area contributed by atoms with Gasteiger partial charge in [-0.05, 0) is 51.0 Å². The Labute approximate surface area is 124 Å².